The van der Waals surface area contributed by atoms with Crippen molar-refractivity contribution in [2.75, 3.05) is 6.54 Å². The van der Waals surface area contributed by atoms with Crippen molar-refractivity contribution in [3.8, 4) is 11.8 Å². The third-order valence-corrected chi connectivity index (χ3v) is 5.38. The first-order chi connectivity index (χ1) is 13.1. The Morgan fingerprint density at radius 2 is 2.11 bits per heavy atom. The summed E-state index contributed by atoms with van der Waals surface area (Å²) in [6.07, 6.45) is 5.16. The largest absolute Gasteiger partial charge is 0.459 e. The van der Waals surface area contributed by atoms with Gasteiger partial charge in [0, 0.05) is 22.8 Å². The van der Waals surface area contributed by atoms with Crippen LogP contribution in [0.4, 0.5) is 0 Å². The summed E-state index contributed by atoms with van der Waals surface area (Å²) in [5.41, 5.74) is 1.33. The Labute approximate surface area is 163 Å². The standard InChI is InChI=1S/C22H20ClNO3/c23-17-6-1-5-16(15-17)10-12-22(26)11-2-8-19-18(22)7-3-13-24(19)21(25)20-9-4-14-27-20/h1,4-6,9,14-15,26H,2-3,7-8,11,13H2. The highest BCUT2D eigenvalue weighted by atomic mass is 35.5. The molecule has 0 saturated heterocycles. The minimum atomic E-state index is -1.21. The van der Waals surface area contributed by atoms with Crippen LogP contribution in [-0.2, 0) is 0 Å². The Balaban J connectivity index is 1.69. The van der Waals surface area contributed by atoms with Crippen molar-refractivity contribution in [3.05, 3.63) is 70.3 Å². The van der Waals surface area contributed by atoms with Gasteiger partial charge in [-0.1, -0.05) is 29.5 Å². The maximum absolute atomic E-state index is 12.8. The van der Waals surface area contributed by atoms with E-state index in [-0.39, 0.29) is 5.91 Å². The lowest BCUT2D eigenvalue weighted by molar-refractivity contribution is 0.0687. The highest BCUT2D eigenvalue weighted by Gasteiger charge is 2.40. The number of halogens is 1. The minimum absolute atomic E-state index is 0.153. The van der Waals surface area contributed by atoms with E-state index < -0.39 is 5.60 Å². The van der Waals surface area contributed by atoms with Crippen LogP contribution in [-0.4, -0.2) is 28.1 Å². The van der Waals surface area contributed by atoms with Gasteiger partial charge in [0.15, 0.2) is 5.76 Å². The summed E-state index contributed by atoms with van der Waals surface area (Å²) in [4.78, 5) is 14.6. The molecular weight excluding hydrogens is 362 g/mol. The molecule has 1 atom stereocenters. The fourth-order valence-electron chi connectivity index (χ4n) is 3.89. The molecule has 0 fully saturated rings. The molecular formula is C22H20ClNO3. The SMILES string of the molecule is O=C(c1ccco1)N1CCCC2=C1CCCC2(O)C#Cc1cccc(Cl)c1. The first-order valence-electron chi connectivity index (χ1n) is 9.16. The molecule has 1 N–H and O–H groups in total. The number of rotatable bonds is 1. The van der Waals surface area contributed by atoms with Gasteiger partial charge in [0.2, 0.25) is 0 Å². The molecule has 2 heterocycles. The lowest BCUT2D eigenvalue weighted by Crippen LogP contribution is -2.43. The highest BCUT2D eigenvalue weighted by molar-refractivity contribution is 6.30. The van der Waals surface area contributed by atoms with Crippen molar-refractivity contribution in [3.63, 3.8) is 0 Å². The van der Waals surface area contributed by atoms with Crippen LogP contribution in [0.1, 0.15) is 48.2 Å². The van der Waals surface area contributed by atoms with E-state index in [2.05, 4.69) is 11.8 Å². The molecule has 2 aliphatic rings. The number of furan rings is 1. The molecule has 1 amide bonds. The topological polar surface area (TPSA) is 53.7 Å². The summed E-state index contributed by atoms with van der Waals surface area (Å²) < 4.78 is 5.28. The Morgan fingerprint density at radius 1 is 1.22 bits per heavy atom. The molecule has 1 aliphatic carbocycles. The van der Waals surface area contributed by atoms with Gasteiger partial charge in [0.1, 0.15) is 5.60 Å². The molecule has 1 aromatic heterocycles. The molecule has 138 valence electrons. The van der Waals surface area contributed by atoms with E-state index in [0.29, 0.717) is 23.7 Å². The quantitative estimate of drug-likeness (QED) is 0.745. The monoisotopic (exact) mass is 381 g/mol. The number of benzene rings is 1. The molecule has 4 rings (SSSR count). The fourth-order valence-corrected chi connectivity index (χ4v) is 4.08. The van der Waals surface area contributed by atoms with Crippen molar-refractivity contribution >= 4 is 17.5 Å². The van der Waals surface area contributed by atoms with Crippen molar-refractivity contribution < 1.29 is 14.3 Å². The van der Waals surface area contributed by atoms with Crippen LogP contribution in [0, 0.1) is 11.8 Å². The van der Waals surface area contributed by atoms with Gasteiger partial charge in [-0.15, -0.1) is 0 Å². The number of amides is 1. The van der Waals surface area contributed by atoms with E-state index in [1.165, 1.54) is 6.26 Å². The van der Waals surface area contributed by atoms with E-state index in [4.69, 9.17) is 16.0 Å². The number of carbonyl (C=O) groups excluding carboxylic acids is 1. The van der Waals surface area contributed by atoms with Gasteiger partial charge in [-0.05, 0) is 68.0 Å². The summed E-state index contributed by atoms with van der Waals surface area (Å²) in [6, 6.07) is 10.7. The number of carbonyl (C=O) groups is 1. The molecule has 5 heteroatoms. The van der Waals surface area contributed by atoms with Crippen LogP contribution >= 0.6 is 11.6 Å². The Bertz CT molecular complexity index is 951. The van der Waals surface area contributed by atoms with Crippen molar-refractivity contribution in [2.45, 2.75) is 37.7 Å². The van der Waals surface area contributed by atoms with Gasteiger partial charge >= 0.3 is 0 Å². The highest BCUT2D eigenvalue weighted by Crippen LogP contribution is 2.40. The van der Waals surface area contributed by atoms with Crippen molar-refractivity contribution in [2.24, 2.45) is 0 Å². The van der Waals surface area contributed by atoms with E-state index in [1.54, 1.807) is 29.2 Å². The molecule has 27 heavy (non-hydrogen) atoms. The van der Waals surface area contributed by atoms with E-state index in [9.17, 15) is 9.90 Å². The molecule has 1 aromatic carbocycles. The number of nitrogens with zero attached hydrogens (tertiary/aromatic N) is 1. The second-order valence-corrected chi connectivity index (χ2v) is 7.37. The normalized spacial score (nSPS) is 22.1. The second-order valence-electron chi connectivity index (χ2n) is 6.94. The molecule has 0 radical (unpaired) electrons. The second kappa shape index (κ2) is 7.26. The predicted octanol–water partition coefficient (Wildman–Crippen LogP) is 4.39. The molecule has 0 bridgehead atoms. The lowest BCUT2D eigenvalue weighted by atomic mass is 9.77. The average Bonchev–Trinajstić information content (AvgIpc) is 3.21. The molecule has 4 nitrogen and oxygen atoms in total. The van der Waals surface area contributed by atoms with E-state index in [0.717, 1.165) is 42.5 Å². The average molecular weight is 382 g/mol. The molecule has 1 unspecified atom stereocenters. The van der Waals surface area contributed by atoms with Gasteiger partial charge < -0.3 is 14.4 Å². The van der Waals surface area contributed by atoms with Gasteiger partial charge in [-0.25, -0.2) is 0 Å². The maximum atomic E-state index is 12.8. The Hall–Kier alpha value is -2.48. The molecule has 2 aromatic rings. The van der Waals surface area contributed by atoms with Gasteiger partial charge in [-0.3, -0.25) is 4.79 Å². The first kappa shape index (κ1) is 17.9. The summed E-state index contributed by atoms with van der Waals surface area (Å²) in [6.45, 7) is 0.635. The number of allylic oxidation sites excluding steroid dienone is 1. The predicted molar refractivity (Wildman–Crippen MR) is 103 cm³/mol. The lowest BCUT2D eigenvalue weighted by Gasteiger charge is -2.40. The summed E-state index contributed by atoms with van der Waals surface area (Å²) in [5.74, 6) is 6.29. The first-order valence-corrected chi connectivity index (χ1v) is 9.54. The van der Waals surface area contributed by atoms with Crippen LogP contribution in [0.3, 0.4) is 0 Å². The zero-order valence-electron chi connectivity index (χ0n) is 14.9. The smallest absolute Gasteiger partial charge is 0.293 e. The molecule has 0 spiro atoms. The van der Waals surface area contributed by atoms with Crippen LogP contribution in [0.5, 0.6) is 0 Å². The summed E-state index contributed by atoms with van der Waals surface area (Å²) in [5, 5.41) is 11.9. The number of aliphatic hydroxyl groups is 1. The number of hydrogen-bond donors (Lipinski definition) is 1. The third kappa shape index (κ3) is 3.53. The maximum Gasteiger partial charge on any atom is 0.293 e. The summed E-state index contributed by atoms with van der Waals surface area (Å²) in [7, 11) is 0. The van der Waals surface area contributed by atoms with Crippen molar-refractivity contribution in [1.82, 2.24) is 4.90 Å². The summed E-state index contributed by atoms with van der Waals surface area (Å²) >= 11 is 6.02. The zero-order valence-corrected chi connectivity index (χ0v) is 15.6. The molecule has 0 saturated carbocycles. The van der Waals surface area contributed by atoms with Crippen molar-refractivity contribution in [1.29, 1.82) is 0 Å². The van der Waals surface area contributed by atoms with Crippen LogP contribution in [0.25, 0.3) is 0 Å². The Morgan fingerprint density at radius 3 is 2.89 bits per heavy atom. The fraction of sp³-hybridized carbons (Fsp3) is 0.318. The van der Waals surface area contributed by atoms with E-state index >= 15 is 0 Å². The van der Waals surface area contributed by atoms with Crippen LogP contribution in [0.15, 0.2) is 58.3 Å². The van der Waals surface area contributed by atoms with Crippen LogP contribution < -0.4 is 0 Å². The van der Waals surface area contributed by atoms with Gasteiger partial charge in [-0.2, -0.15) is 0 Å². The van der Waals surface area contributed by atoms with Gasteiger partial charge in [0.05, 0.1) is 6.26 Å². The molecule has 1 aliphatic heterocycles. The third-order valence-electron chi connectivity index (χ3n) is 5.15. The Kier molecular flexibility index (Phi) is 4.82. The van der Waals surface area contributed by atoms with Crippen LogP contribution in [0.2, 0.25) is 5.02 Å². The number of hydrogen-bond acceptors (Lipinski definition) is 3. The van der Waals surface area contributed by atoms with E-state index in [1.807, 2.05) is 12.1 Å². The zero-order chi connectivity index (χ0) is 18.9. The minimum Gasteiger partial charge on any atom is -0.459 e. The van der Waals surface area contributed by atoms with Gasteiger partial charge in [0.25, 0.3) is 5.91 Å².